The molecule has 5 heteroatoms. The number of hydrogen-bond acceptors (Lipinski definition) is 2. The highest BCUT2D eigenvalue weighted by Gasteiger charge is 2.16. The number of anilines is 1. The second-order valence-electron chi connectivity index (χ2n) is 5.81. The summed E-state index contributed by atoms with van der Waals surface area (Å²) in [5.74, 6) is -0.489. The Bertz CT molecular complexity index is 630. The van der Waals surface area contributed by atoms with Crippen LogP contribution in [0.25, 0.3) is 11.1 Å². The van der Waals surface area contributed by atoms with Crippen LogP contribution in [0, 0.1) is 17.6 Å². The molecule has 0 bridgehead atoms. The van der Waals surface area contributed by atoms with Crippen molar-refractivity contribution in [3.63, 3.8) is 0 Å². The fraction of sp³-hybridized carbons (Fsp3) is 0.438. The van der Waals surface area contributed by atoms with Crippen molar-refractivity contribution in [2.75, 3.05) is 5.73 Å². The van der Waals surface area contributed by atoms with Gasteiger partial charge in [0.1, 0.15) is 11.6 Å². The van der Waals surface area contributed by atoms with E-state index in [1.54, 1.807) is 12.4 Å². The summed E-state index contributed by atoms with van der Waals surface area (Å²) in [4.78, 5) is 0. The minimum absolute atomic E-state index is 0.175. The molecule has 1 aromatic heterocycles. The molecular formula is C16H19F2N3. The highest BCUT2D eigenvalue weighted by molar-refractivity contribution is 5.65. The molecule has 0 aliphatic heterocycles. The van der Waals surface area contributed by atoms with Crippen LogP contribution in [0.2, 0.25) is 0 Å². The molecule has 1 saturated carbocycles. The fourth-order valence-corrected chi connectivity index (χ4v) is 3.02. The standard InChI is InChI=1S/C16H19F2N3/c17-14-7-16(19)15(18)6-13(14)12-8-20-21(10-12)9-11-4-2-1-3-5-11/h6-8,10-11H,1-5,9,19H2. The number of nitrogen functional groups attached to an aromatic ring is 1. The molecule has 3 nitrogen and oxygen atoms in total. The van der Waals surface area contributed by atoms with Crippen molar-refractivity contribution in [1.82, 2.24) is 9.78 Å². The van der Waals surface area contributed by atoms with Gasteiger partial charge >= 0.3 is 0 Å². The molecule has 1 aliphatic rings. The fourth-order valence-electron chi connectivity index (χ4n) is 3.02. The minimum Gasteiger partial charge on any atom is -0.396 e. The lowest BCUT2D eigenvalue weighted by atomic mass is 9.89. The van der Waals surface area contributed by atoms with E-state index in [0.29, 0.717) is 11.5 Å². The third-order valence-corrected chi connectivity index (χ3v) is 4.20. The van der Waals surface area contributed by atoms with E-state index in [4.69, 9.17) is 5.73 Å². The quantitative estimate of drug-likeness (QED) is 0.869. The lowest BCUT2D eigenvalue weighted by molar-refractivity contribution is 0.308. The van der Waals surface area contributed by atoms with Crippen molar-refractivity contribution in [2.45, 2.75) is 38.6 Å². The van der Waals surface area contributed by atoms with Crippen molar-refractivity contribution in [3.05, 3.63) is 36.2 Å². The Morgan fingerprint density at radius 2 is 1.90 bits per heavy atom. The lowest BCUT2D eigenvalue weighted by Crippen LogP contribution is -2.14. The molecular weight excluding hydrogens is 272 g/mol. The molecule has 2 aromatic rings. The van der Waals surface area contributed by atoms with Crippen LogP contribution in [0.4, 0.5) is 14.5 Å². The first-order valence-corrected chi connectivity index (χ1v) is 7.41. The summed E-state index contributed by atoms with van der Waals surface area (Å²) in [5.41, 5.74) is 5.98. The van der Waals surface area contributed by atoms with Gasteiger partial charge in [0.05, 0.1) is 11.9 Å². The van der Waals surface area contributed by atoms with E-state index in [1.807, 2.05) is 4.68 Å². The van der Waals surface area contributed by atoms with Gasteiger partial charge in [-0.1, -0.05) is 19.3 Å². The SMILES string of the molecule is Nc1cc(F)c(-c2cnn(CC3CCCCC3)c2)cc1F. The van der Waals surface area contributed by atoms with Crippen molar-refractivity contribution in [1.29, 1.82) is 0 Å². The van der Waals surface area contributed by atoms with Crippen LogP contribution >= 0.6 is 0 Å². The van der Waals surface area contributed by atoms with Crippen LogP contribution in [-0.2, 0) is 6.54 Å². The van der Waals surface area contributed by atoms with E-state index >= 15 is 0 Å². The van der Waals surface area contributed by atoms with Gasteiger partial charge in [-0.15, -0.1) is 0 Å². The third kappa shape index (κ3) is 3.06. The van der Waals surface area contributed by atoms with Crippen molar-refractivity contribution in [2.24, 2.45) is 5.92 Å². The topological polar surface area (TPSA) is 43.8 Å². The summed E-state index contributed by atoms with van der Waals surface area (Å²) in [6.45, 7) is 0.846. The normalized spacial score (nSPS) is 16.3. The van der Waals surface area contributed by atoms with E-state index in [1.165, 1.54) is 32.1 Å². The average molecular weight is 291 g/mol. The molecule has 0 spiro atoms. The highest BCUT2D eigenvalue weighted by atomic mass is 19.1. The van der Waals surface area contributed by atoms with E-state index < -0.39 is 11.6 Å². The largest absolute Gasteiger partial charge is 0.396 e. The summed E-state index contributed by atoms with van der Waals surface area (Å²) < 4.78 is 29.2. The maximum Gasteiger partial charge on any atom is 0.146 e. The maximum absolute atomic E-state index is 13.9. The van der Waals surface area contributed by atoms with Gasteiger partial charge in [-0.05, 0) is 24.8 Å². The second-order valence-corrected chi connectivity index (χ2v) is 5.81. The van der Waals surface area contributed by atoms with Gasteiger partial charge in [-0.25, -0.2) is 8.78 Å². The van der Waals surface area contributed by atoms with E-state index in [2.05, 4.69) is 5.10 Å². The van der Waals surface area contributed by atoms with Gasteiger partial charge in [0.25, 0.3) is 0 Å². The van der Waals surface area contributed by atoms with E-state index in [0.717, 1.165) is 18.7 Å². The summed E-state index contributed by atoms with van der Waals surface area (Å²) in [6, 6.07) is 2.15. The Balaban J connectivity index is 1.79. The number of nitrogens with zero attached hydrogens (tertiary/aromatic N) is 2. The van der Waals surface area contributed by atoms with Crippen molar-refractivity contribution < 1.29 is 8.78 Å². The zero-order valence-electron chi connectivity index (χ0n) is 11.9. The Kier molecular flexibility index (Phi) is 3.90. The number of aromatic nitrogens is 2. The number of rotatable bonds is 3. The van der Waals surface area contributed by atoms with Crippen LogP contribution in [-0.4, -0.2) is 9.78 Å². The first kappa shape index (κ1) is 14.0. The second kappa shape index (κ2) is 5.84. The third-order valence-electron chi connectivity index (χ3n) is 4.20. The predicted octanol–water partition coefficient (Wildman–Crippen LogP) is 3.99. The summed E-state index contributed by atoms with van der Waals surface area (Å²) in [6.07, 6.45) is 9.67. The van der Waals surface area contributed by atoms with Gasteiger partial charge in [-0.2, -0.15) is 5.10 Å². The molecule has 2 N–H and O–H groups in total. The predicted molar refractivity (Wildman–Crippen MR) is 78.6 cm³/mol. The Morgan fingerprint density at radius 3 is 2.67 bits per heavy atom. The van der Waals surface area contributed by atoms with E-state index in [-0.39, 0.29) is 11.3 Å². The van der Waals surface area contributed by atoms with Gasteiger partial charge in [0.15, 0.2) is 0 Å². The van der Waals surface area contributed by atoms with Crippen molar-refractivity contribution >= 4 is 5.69 Å². The smallest absolute Gasteiger partial charge is 0.146 e. The summed E-state index contributed by atoms with van der Waals surface area (Å²) >= 11 is 0. The first-order chi connectivity index (χ1) is 10.1. The van der Waals surface area contributed by atoms with E-state index in [9.17, 15) is 8.78 Å². The van der Waals surface area contributed by atoms with Crippen LogP contribution in [0.1, 0.15) is 32.1 Å². The van der Waals surface area contributed by atoms with Gasteiger partial charge in [-0.3, -0.25) is 4.68 Å². The van der Waals surface area contributed by atoms with Crippen molar-refractivity contribution in [3.8, 4) is 11.1 Å². The summed E-state index contributed by atoms with van der Waals surface area (Å²) in [5, 5.41) is 4.28. The first-order valence-electron chi connectivity index (χ1n) is 7.41. The molecule has 0 amide bonds. The highest BCUT2D eigenvalue weighted by Crippen LogP contribution is 2.28. The van der Waals surface area contributed by atoms with Crippen LogP contribution < -0.4 is 5.73 Å². The van der Waals surface area contributed by atoms with Gasteiger partial charge < -0.3 is 5.73 Å². The molecule has 3 rings (SSSR count). The van der Waals surface area contributed by atoms with Crippen LogP contribution in [0.3, 0.4) is 0 Å². The number of hydrogen-bond donors (Lipinski definition) is 1. The molecule has 112 valence electrons. The molecule has 1 fully saturated rings. The Hall–Kier alpha value is -1.91. The molecule has 0 atom stereocenters. The Labute approximate surface area is 122 Å². The number of halogens is 2. The van der Waals surface area contributed by atoms with Crippen LogP contribution in [0.15, 0.2) is 24.5 Å². The van der Waals surface area contributed by atoms with Gasteiger partial charge in [0, 0.05) is 29.9 Å². The molecule has 1 heterocycles. The number of nitrogens with two attached hydrogens (primary N) is 1. The zero-order valence-corrected chi connectivity index (χ0v) is 11.9. The minimum atomic E-state index is -0.605. The number of benzene rings is 1. The molecule has 1 aliphatic carbocycles. The van der Waals surface area contributed by atoms with Gasteiger partial charge in [0.2, 0.25) is 0 Å². The molecule has 0 unspecified atom stereocenters. The molecule has 0 radical (unpaired) electrons. The van der Waals surface area contributed by atoms with Crippen LogP contribution in [0.5, 0.6) is 0 Å². The summed E-state index contributed by atoms with van der Waals surface area (Å²) in [7, 11) is 0. The molecule has 0 saturated heterocycles. The molecule has 1 aromatic carbocycles. The zero-order chi connectivity index (χ0) is 14.8. The molecule has 21 heavy (non-hydrogen) atoms. The maximum atomic E-state index is 13.9. The monoisotopic (exact) mass is 291 g/mol. The Morgan fingerprint density at radius 1 is 1.14 bits per heavy atom. The average Bonchev–Trinajstić information content (AvgIpc) is 2.92. The lowest BCUT2D eigenvalue weighted by Gasteiger charge is -2.21.